The van der Waals surface area contributed by atoms with Crippen LogP contribution < -0.4 is 5.73 Å². The van der Waals surface area contributed by atoms with Crippen LogP contribution in [0.3, 0.4) is 0 Å². The fourth-order valence-corrected chi connectivity index (χ4v) is 4.04. The minimum atomic E-state index is -0.251. The van der Waals surface area contributed by atoms with Crippen LogP contribution in [0.1, 0.15) is 45.9 Å². The zero-order chi connectivity index (χ0) is 15.4. The lowest BCUT2D eigenvalue weighted by Crippen LogP contribution is -2.35. The summed E-state index contributed by atoms with van der Waals surface area (Å²) < 4.78 is 13.1. The van der Waals surface area contributed by atoms with Crippen LogP contribution in [0.2, 0.25) is 0 Å². The summed E-state index contributed by atoms with van der Waals surface area (Å²) in [5.41, 5.74) is 6.99. The average Bonchev–Trinajstić information content (AvgIpc) is 2.87. The Bertz CT molecular complexity index is 674. The van der Waals surface area contributed by atoms with Crippen molar-refractivity contribution >= 4 is 26.9 Å². The van der Waals surface area contributed by atoms with Gasteiger partial charge in [-0.3, -0.25) is 0 Å². The Balaban J connectivity index is 1.97. The number of para-hydroxylation sites is 1. The second-order valence-electron chi connectivity index (χ2n) is 7.11. The van der Waals surface area contributed by atoms with Gasteiger partial charge in [0.15, 0.2) is 0 Å². The first-order valence-corrected chi connectivity index (χ1v) is 8.13. The third-order valence-electron chi connectivity index (χ3n) is 4.42. The highest BCUT2D eigenvalue weighted by Crippen LogP contribution is 2.47. The van der Waals surface area contributed by atoms with E-state index in [2.05, 4.69) is 43.6 Å². The molecule has 2 unspecified atom stereocenters. The van der Waals surface area contributed by atoms with Crippen molar-refractivity contribution < 1.29 is 9.15 Å². The normalized spacial score (nSPS) is 25.3. The van der Waals surface area contributed by atoms with Gasteiger partial charge >= 0.3 is 0 Å². The van der Waals surface area contributed by atoms with E-state index in [0.29, 0.717) is 0 Å². The molecule has 1 aromatic heterocycles. The van der Waals surface area contributed by atoms with E-state index in [0.717, 1.165) is 27.6 Å². The molecule has 2 aromatic rings. The molecule has 2 atom stereocenters. The smallest absolute Gasteiger partial charge is 0.148 e. The molecule has 0 spiro atoms. The van der Waals surface area contributed by atoms with Gasteiger partial charge < -0.3 is 14.9 Å². The Morgan fingerprint density at radius 1 is 1.29 bits per heavy atom. The lowest BCUT2D eigenvalue weighted by atomic mass is 9.81. The molecule has 3 nitrogen and oxygen atoms in total. The second kappa shape index (κ2) is 4.83. The third-order valence-corrected chi connectivity index (χ3v) is 5.05. The maximum Gasteiger partial charge on any atom is 0.148 e. The van der Waals surface area contributed by atoms with Gasteiger partial charge in [0.1, 0.15) is 11.3 Å². The van der Waals surface area contributed by atoms with Crippen LogP contribution in [0, 0.1) is 5.92 Å². The van der Waals surface area contributed by atoms with Gasteiger partial charge in [-0.25, -0.2) is 0 Å². The van der Waals surface area contributed by atoms with E-state index < -0.39 is 0 Å². The van der Waals surface area contributed by atoms with E-state index in [-0.39, 0.29) is 23.2 Å². The highest BCUT2D eigenvalue weighted by Gasteiger charge is 2.49. The minimum absolute atomic E-state index is 0.140. The van der Waals surface area contributed by atoms with E-state index in [1.54, 1.807) is 0 Å². The van der Waals surface area contributed by atoms with Gasteiger partial charge in [-0.1, -0.05) is 12.1 Å². The van der Waals surface area contributed by atoms with Gasteiger partial charge in [0.2, 0.25) is 0 Å². The average molecular weight is 352 g/mol. The number of halogens is 1. The number of fused-ring (bicyclic) bond motifs is 1. The number of benzene rings is 1. The summed E-state index contributed by atoms with van der Waals surface area (Å²) in [6.45, 7) is 8.48. The molecule has 0 radical (unpaired) electrons. The summed E-state index contributed by atoms with van der Waals surface area (Å²) in [5, 5.41) is 1.07. The summed E-state index contributed by atoms with van der Waals surface area (Å²) in [4.78, 5) is 0. The van der Waals surface area contributed by atoms with Gasteiger partial charge in [-0.15, -0.1) is 0 Å². The van der Waals surface area contributed by atoms with Crippen LogP contribution in [-0.2, 0) is 4.74 Å². The number of furan rings is 1. The largest absolute Gasteiger partial charge is 0.458 e. The van der Waals surface area contributed by atoms with Gasteiger partial charge in [0, 0.05) is 11.3 Å². The SMILES string of the molecule is CC1(C)CC(C(N)c2cc3cccc(Br)c3o2)C(C)(C)O1. The molecule has 2 heterocycles. The Kier molecular flexibility index (Phi) is 3.47. The fourth-order valence-electron chi connectivity index (χ4n) is 3.57. The van der Waals surface area contributed by atoms with Gasteiger partial charge in [-0.2, -0.15) is 0 Å². The van der Waals surface area contributed by atoms with Crippen LogP contribution in [0.5, 0.6) is 0 Å². The quantitative estimate of drug-likeness (QED) is 0.845. The molecule has 1 fully saturated rings. The highest BCUT2D eigenvalue weighted by atomic mass is 79.9. The Morgan fingerprint density at radius 3 is 2.57 bits per heavy atom. The maximum absolute atomic E-state index is 6.52. The molecule has 0 aliphatic carbocycles. The first-order valence-electron chi connectivity index (χ1n) is 7.33. The van der Waals surface area contributed by atoms with E-state index in [4.69, 9.17) is 14.9 Å². The van der Waals surface area contributed by atoms with Crippen molar-refractivity contribution in [2.24, 2.45) is 11.7 Å². The number of hydrogen-bond donors (Lipinski definition) is 1. The van der Waals surface area contributed by atoms with Gasteiger partial charge in [-0.05, 0) is 62.2 Å². The van der Waals surface area contributed by atoms with Gasteiger partial charge in [0.05, 0.1) is 21.7 Å². The van der Waals surface area contributed by atoms with Gasteiger partial charge in [0.25, 0.3) is 0 Å². The van der Waals surface area contributed by atoms with Crippen molar-refractivity contribution in [3.05, 3.63) is 34.5 Å². The lowest BCUT2D eigenvalue weighted by Gasteiger charge is -2.30. The number of nitrogens with two attached hydrogens (primary N) is 1. The molecule has 1 aliphatic rings. The van der Waals surface area contributed by atoms with E-state index >= 15 is 0 Å². The zero-order valence-electron chi connectivity index (χ0n) is 12.9. The first kappa shape index (κ1) is 15.1. The highest BCUT2D eigenvalue weighted by molar-refractivity contribution is 9.10. The van der Waals surface area contributed by atoms with Crippen LogP contribution >= 0.6 is 15.9 Å². The molecule has 1 saturated heterocycles. The molecule has 114 valence electrons. The molecular formula is C17H22BrNO2. The minimum Gasteiger partial charge on any atom is -0.458 e. The molecular weight excluding hydrogens is 330 g/mol. The standard InChI is InChI=1S/C17H22BrNO2/c1-16(2)9-11(17(3,4)21-16)14(19)13-8-10-6-5-7-12(18)15(10)20-13/h5-8,11,14H,9,19H2,1-4H3. The lowest BCUT2D eigenvalue weighted by molar-refractivity contribution is -0.0772. The Hall–Kier alpha value is -0.840. The zero-order valence-corrected chi connectivity index (χ0v) is 14.5. The van der Waals surface area contributed by atoms with E-state index in [1.165, 1.54) is 0 Å². The molecule has 4 heteroatoms. The summed E-state index contributed by atoms with van der Waals surface area (Å²) in [5.74, 6) is 1.06. The monoisotopic (exact) mass is 351 g/mol. The van der Waals surface area contributed by atoms with Crippen molar-refractivity contribution in [3.63, 3.8) is 0 Å². The van der Waals surface area contributed by atoms with Crippen molar-refractivity contribution in [1.29, 1.82) is 0 Å². The van der Waals surface area contributed by atoms with E-state index in [1.807, 2.05) is 24.3 Å². The van der Waals surface area contributed by atoms with E-state index in [9.17, 15) is 0 Å². The third kappa shape index (κ3) is 2.65. The predicted molar refractivity (Wildman–Crippen MR) is 88.2 cm³/mol. The van der Waals surface area contributed by atoms with Crippen molar-refractivity contribution in [3.8, 4) is 0 Å². The molecule has 21 heavy (non-hydrogen) atoms. The molecule has 0 saturated carbocycles. The van der Waals surface area contributed by atoms with Crippen molar-refractivity contribution in [1.82, 2.24) is 0 Å². The maximum atomic E-state index is 6.52. The summed E-state index contributed by atoms with van der Waals surface area (Å²) >= 11 is 3.52. The fraction of sp³-hybridized carbons (Fsp3) is 0.529. The first-order chi connectivity index (χ1) is 9.70. The molecule has 2 N–H and O–H groups in total. The molecule has 1 aromatic carbocycles. The second-order valence-corrected chi connectivity index (χ2v) is 7.96. The summed E-state index contributed by atoms with van der Waals surface area (Å²) in [6.07, 6.45) is 0.930. The predicted octanol–water partition coefficient (Wildman–Crippen LogP) is 4.79. The van der Waals surface area contributed by atoms with Crippen molar-refractivity contribution in [2.75, 3.05) is 0 Å². The Morgan fingerprint density at radius 2 is 2.00 bits per heavy atom. The van der Waals surface area contributed by atoms with Crippen LogP contribution in [0.15, 0.2) is 33.2 Å². The number of hydrogen-bond acceptors (Lipinski definition) is 3. The summed E-state index contributed by atoms with van der Waals surface area (Å²) in [6, 6.07) is 7.91. The van der Waals surface area contributed by atoms with Crippen LogP contribution in [0.25, 0.3) is 11.0 Å². The van der Waals surface area contributed by atoms with Crippen molar-refractivity contribution in [2.45, 2.75) is 51.4 Å². The molecule has 1 aliphatic heterocycles. The van der Waals surface area contributed by atoms with Crippen LogP contribution in [0.4, 0.5) is 0 Å². The molecule has 0 amide bonds. The molecule has 3 rings (SSSR count). The number of rotatable bonds is 2. The number of ether oxygens (including phenoxy) is 1. The topological polar surface area (TPSA) is 48.4 Å². The Labute approximate surface area is 134 Å². The summed E-state index contributed by atoms with van der Waals surface area (Å²) in [7, 11) is 0. The van der Waals surface area contributed by atoms with Crippen LogP contribution in [-0.4, -0.2) is 11.2 Å². The molecule has 0 bridgehead atoms.